The van der Waals surface area contributed by atoms with Crippen molar-refractivity contribution in [2.45, 2.75) is 48.7 Å². The monoisotopic (exact) mass is 582 g/mol. The first-order valence-corrected chi connectivity index (χ1v) is 15.3. The van der Waals surface area contributed by atoms with E-state index in [0.29, 0.717) is 22.8 Å². The van der Waals surface area contributed by atoms with Crippen LogP contribution in [0.15, 0.2) is 76.5 Å². The van der Waals surface area contributed by atoms with E-state index in [4.69, 9.17) is 10.5 Å². The van der Waals surface area contributed by atoms with Crippen LogP contribution in [-0.2, 0) is 26.2 Å². The topological polar surface area (TPSA) is 131 Å². The van der Waals surface area contributed by atoms with Crippen LogP contribution < -0.4 is 25.4 Å². The lowest BCUT2D eigenvalue weighted by Crippen LogP contribution is -2.56. The molecule has 0 bridgehead atoms. The van der Waals surface area contributed by atoms with Gasteiger partial charge >= 0.3 is 0 Å². The van der Waals surface area contributed by atoms with Gasteiger partial charge in [-0.2, -0.15) is 0 Å². The summed E-state index contributed by atoms with van der Waals surface area (Å²) in [5.74, 6) is 0.346. The number of hydrogen-bond donors (Lipinski definition) is 3. The molecule has 0 aromatic heterocycles. The first-order chi connectivity index (χ1) is 18.9. The second-order valence-corrected chi connectivity index (χ2v) is 12.8. The highest BCUT2D eigenvalue weighted by Crippen LogP contribution is 2.38. The van der Waals surface area contributed by atoms with E-state index in [-0.39, 0.29) is 23.9 Å². The summed E-state index contributed by atoms with van der Waals surface area (Å²) in [5.41, 5.74) is 7.71. The maximum absolute atomic E-state index is 13.8. The summed E-state index contributed by atoms with van der Waals surface area (Å²) in [4.78, 5) is 29.2. The maximum Gasteiger partial charge on any atom is 0.250 e. The first-order valence-electron chi connectivity index (χ1n) is 12.8. The number of nitrogens with zero attached hydrogens (tertiary/aromatic N) is 1. The molecular formula is C29H34N4O5S2. The molecule has 11 heteroatoms. The number of nitrogens with two attached hydrogens (primary N) is 1. The molecule has 0 radical (unpaired) electrons. The zero-order valence-electron chi connectivity index (χ0n) is 22.9. The number of hydrogen-bond acceptors (Lipinski definition) is 7. The molecular weight excluding hydrogens is 548 g/mol. The minimum atomic E-state index is -3.66. The number of nitrogens with one attached hydrogen (secondary N) is 2. The predicted octanol–water partition coefficient (Wildman–Crippen LogP) is 3.52. The lowest BCUT2D eigenvalue weighted by Gasteiger charge is -2.28. The third-order valence-electron chi connectivity index (χ3n) is 6.43. The highest BCUT2D eigenvalue weighted by molar-refractivity contribution is 7.99. The molecule has 0 unspecified atom stereocenters. The van der Waals surface area contributed by atoms with Crippen LogP contribution in [0.1, 0.15) is 26.3 Å². The zero-order valence-corrected chi connectivity index (χ0v) is 24.6. The van der Waals surface area contributed by atoms with Gasteiger partial charge in [-0.1, -0.05) is 49.4 Å². The molecule has 9 nitrogen and oxygen atoms in total. The number of amides is 2. The second kappa shape index (κ2) is 12.0. The molecule has 0 aliphatic carbocycles. The Morgan fingerprint density at radius 1 is 1.12 bits per heavy atom. The van der Waals surface area contributed by atoms with Gasteiger partial charge < -0.3 is 20.7 Å². The van der Waals surface area contributed by atoms with Crippen LogP contribution in [0, 0.1) is 0 Å². The van der Waals surface area contributed by atoms with Crippen LogP contribution in [0.3, 0.4) is 0 Å². The van der Waals surface area contributed by atoms with Gasteiger partial charge in [-0.05, 0) is 49.2 Å². The highest BCUT2D eigenvalue weighted by atomic mass is 32.2. The van der Waals surface area contributed by atoms with Gasteiger partial charge in [0.25, 0.3) is 5.91 Å². The number of rotatable bonds is 9. The molecule has 1 heterocycles. The number of anilines is 1. The first kappa shape index (κ1) is 29.6. The molecule has 40 heavy (non-hydrogen) atoms. The van der Waals surface area contributed by atoms with E-state index < -0.39 is 27.5 Å². The molecule has 4 rings (SSSR count). The molecule has 4 N–H and O–H groups in total. The van der Waals surface area contributed by atoms with Crippen molar-refractivity contribution in [3.63, 3.8) is 0 Å². The third-order valence-corrected chi connectivity index (χ3v) is 9.18. The number of carbonyl (C=O) groups is 2. The summed E-state index contributed by atoms with van der Waals surface area (Å²) in [6.45, 7) is 5.46. The normalized spacial score (nSPS) is 15.8. The van der Waals surface area contributed by atoms with Crippen molar-refractivity contribution in [1.29, 1.82) is 0 Å². The summed E-state index contributed by atoms with van der Waals surface area (Å²) in [6.07, 6.45) is 0. The van der Waals surface area contributed by atoms with E-state index >= 15 is 0 Å². The van der Waals surface area contributed by atoms with Crippen LogP contribution in [0.2, 0.25) is 0 Å². The van der Waals surface area contributed by atoms with Gasteiger partial charge in [0.2, 0.25) is 15.9 Å². The highest BCUT2D eigenvalue weighted by Gasteiger charge is 2.34. The van der Waals surface area contributed by atoms with Crippen molar-refractivity contribution >= 4 is 39.3 Å². The molecule has 1 aliphatic rings. The Balaban J connectivity index is 1.66. The lowest BCUT2D eigenvalue weighted by atomic mass is 10.0. The summed E-state index contributed by atoms with van der Waals surface area (Å²) in [6, 6.07) is 19.0. The molecule has 3 aromatic carbocycles. The van der Waals surface area contributed by atoms with E-state index in [9.17, 15) is 18.0 Å². The van der Waals surface area contributed by atoms with Gasteiger partial charge in [0, 0.05) is 22.8 Å². The third kappa shape index (κ3) is 6.49. The Morgan fingerprint density at radius 2 is 1.82 bits per heavy atom. The molecule has 0 spiro atoms. The van der Waals surface area contributed by atoms with Crippen LogP contribution in [0.5, 0.6) is 5.75 Å². The predicted molar refractivity (Wildman–Crippen MR) is 158 cm³/mol. The number of thioether (sulfide) groups is 1. The maximum atomic E-state index is 13.8. The van der Waals surface area contributed by atoms with Crippen LogP contribution in [-0.4, -0.2) is 51.2 Å². The molecule has 3 aromatic rings. The van der Waals surface area contributed by atoms with E-state index in [1.165, 1.54) is 11.8 Å². The van der Waals surface area contributed by atoms with E-state index in [1.54, 1.807) is 63.1 Å². The quantitative estimate of drug-likeness (QED) is 0.352. The molecule has 0 saturated heterocycles. The van der Waals surface area contributed by atoms with E-state index in [1.807, 2.05) is 36.4 Å². The number of sulfonamides is 1. The number of ether oxygens (including phenoxy) is 1. The van der Waals surface area contributed by atoms with Crippen molar-refractivity contribution in [3.05, 3.63) is 72.3 Å². The van der Waals surface area contributed by atoms with Gasteiger partial charge in [-0.3, -0.25) is 9.59 Å². The van der Waals surface area contributed by atoms with Crippen molar-refractivity contribution < 1.29 is 22.7 Å². The molecule has 1 atom stereocenters. The summed E-state index contributed by atoms with van der Waals surface area (Å²) < 4.78 is 33.4. The number of fused-ring (bicyclic) bond motifs is 1. The number of carbonyl (C=O) groups excluding carboxylic acids is 2. The van der Waals surface area contributed by atoms with Crippen molar-refractivity contribution in [2.75, 3.05) is 24.3 Å². The van der Waals surface area contributed by atoms with Crippen molar-refractivity contribution in [1.82, 2.24) is 10.0 Å². The Hall–Kier alpha value is -3.38. The summed E-state index contributed by atoms with van der Waals surface area (Å²) in [5, 5.41) is 2.82. The second-order valence-electron chi connectivity index (χ2n) is 10.0. The minimum Gasteiger partial charge on any atom is -0.497 e. The van der Waals surface area contributed by atoms with Crippen LogP contribution >= 0.6 is 11.8 Å². The fourth-order valence-corrected chi connectivity index (χ4v) is 6.67. The van der Waals surface area contributed by atoms with Gasteiger partial charge in [0.05, 0.1) is 29.8 Å². The molecule has 0 fully saturated rings. The van der Waals surface area contributed by atoms with Crippen molar-refractivity contribution in [2.24, 2.45) is 5.73 Å². The molecule has 0 saturated carbocycles. The number of methoxy groups -OCH3 is 1. The summed E-state index contributed by atoms with van der Waals surface area (Å²) in [7, 11) is -2.07. The van der Waals surface area contributed by atoms with E-state index in [2.05, 4.69) is 10.0 Å². The average Bonchev–Trinajstić information content (AvgIpc) is 3.05. The number of benzene rings is 3. The smallest absolute Gasteiger partial charge is 0.250 e. The Kier molecular flexibility index (Phi) is 8.89. The average molecular weight is 583 g/mol. The standard InChI is InChI=1S/C29H34N4O5S2/c1-5-31-40(36,37)26-9-7-6-8-22(26)20-12-10-19(11-13-20)17-33-24-15-14-21(38-4)16-25(24)39-18-23(27(33)34)32-28(35)29(2,3)30/h6-16,23,31H,5,17-18,30H2,1-4H3,(H,32,35)/t23-/m1/s1. The Morgan fingerprint density at radius 3 is 2.48 bits per heavy atom. The zero-order chi connectivity index (χ0) is 29.1. The molecule has 2 amide bonds. The SMILES string of the molecule is CCNS(=O)(=O)c1ccccc1-c1ccc(CN2C(=O)[C@H](NC(=O)C(C)(C)N)CSc3cc(OC)ccc32)cc1. The fourth-order valence-electron chi connectivity index (χ4n) is 4.30. The largest absolute Gasteiger partial charge is 0.497 e. The van der Waals surface area contributed by atoms with Crippen LogP contribution in [0.25, 0.3) is 11.1 Å². The summed E-state index contributed by atoms with van der Waals surface area (Å²) >= 11 is 1.46. The Labute approximate surface area is 239 Å². The van der Waals surface area contributed by atoms with Gasteiger partial charge in [0.15, 0.2) is 0 Å². The molecule has 212 valence electrons. The minimum absolute atomic E-state index is 0.202. The van der Waals surface area contributed by atoms with Gasteiger partial charge in [0.1, 0.15) is 11.8 Å². The van der Waals surface area contributed by atoms with Gasteiger partial charge in [-0.25, -0.2) is 13.1 Å². The fraction of sp³-hybridized carbons (Fsp3) is 0.310. The van der Waals surface area contributed by atoms with Gasteiger partial charge in [-0.15, -0.1) is 11.8 Å². The lowest BCUT2D eigenvalue weighted by molar-refractivity contribution is -0.129. The van der Waals surface area contributed by atoms with E-state index in [0.717, 1.165) is 16.0 Å². The Bertz CT molecular complexity index is 1500. The molecule has 1 aliphatic heterocycles. The van der Waals surface area contributed by atoms with Crippen molar-refractivity contribution in [3.8, 4) is 16.9 Å². The van der Waals surface area contributed by atoms with Crippen LogP contribution in [0.4, 0.5) is 5.69 Å².